The van der Waals surface area contributed by atoms with Crippen LogP contribution in [0.3, 0.4) is 0 Å². The van der Waals surface area contributed by atoms with E-state index in [0.717, 1.165) is 0 Å². The molecule has 5 nitrogen and oxygen atoms in total. The number of alkyl halides is 8. The van der Waals surface area contributed by atoms with E-state index in [1.165, 1.54) is 0 Å². The van der Waals surface area contributed by atoms with Crippen LogP contribution in [0.5, 0.6) is 0 Å². The van der Waals surface area contributed by atoms with E-state index in [2.05, 4.69) is 15.1 Å². The highest BCUT2D eigenvalue weighted by Crippen LogP contribution is 2.39. The molecule has 0 radical (unpaired) electrons. The average Bonchev–Trinajstić information content (AvgIpc) is 2.89. The number of rotatable bonds is 2. The number of nitrogens with two attached hydrogens (primary N) is 1. The molecule has 2 N–H and O–H groups in total. The first kappa shape index (κ1) is 20.0. The highest BCUT2D eigenvalue weighted by molar-refractivity contribution is 6.32. The summed E-state index contributed by atoms with van der Waals surface area (Å²) in [6.45, 7) is 0. The Balaban J connectivity index is 2.28. The van der Waals surface area contributed by atoms with Crippen LogP contribution in [0.25, 0.3) is 16.7 Å². The van der Waals surface area contributed by atoms with Gasteiger partial charge in [0, 0.05) is 6.20 Å². The molecule has 28 heavy (non-hydrogen) atoms. The Hall–Kier alpha value is -2.70. The molecule has 0 spiro atoms. The standard InChI is InChI=1S/C14H6ClF8N5/c15-5-1-4(13(18,19)20)3-25-12(5)28-11(24)8-6(27-28)2-7(10(16)17)26-9(8)14(21,22)23/h1-3,10H,24H2. The van der Waals surface area contributed by atoms with Crippen molar-refractivity contribution in [2.24, 2.45) is 0 Å². The molecule has 3 aromatic heterocycles. The van der Waals surface area contributed by atoms with Gasteiger partial charge in [-0.2, -0.15) is 36.1 Å². The molecule has 0 atom stereocenters. The summed E-state index contributed by atoms with van der Waals surface area (Å²) < 4.78 is 104. The van der Waals surface area contributed by atoms with Crippen LogP contribution < -0.4 is 5.73 Å². The lowest BCUT2D eigenvalue weighted by atomic mass is 10.2. The zero-order chi connectivity index (χ0) is 21.0. The van der Waals surface area contributed by atoms with Gasteiger partial charge in [-0.05, 0) is 12.1 Å². The Morgan fingerprint density at radius 3 is 2.18 bits per heavy atom. The van der Waals surface area contributed by atoms with Gasteiger partial charge in [0.2, 0.25) is 0 Å². The zero-order valence-corrected chi connectivity index (χ0v) is 13.8. The van der Waals surface area contributed by atoms with Crippen LogP contribution in [0, 0.1) is 0 Å². The van der Waals surface area contributed by atoms with Gasteiger partial charge in [-0.3, -0.25) is 0 Å². The number of nitrogen functional groups attached to an aromatic ring is 1. The number of anilines is 1. The Morgan fingerprint density at radius 1 is 1.04 bits per heavy atom. The molecule has 0 fully saturated rings. The molecule has 0 aromatic carbocycles. The molecule has 0 aliphatic carbocycles. The fourth-order valence-corrected chi connectivity index (χ4v) is 2.62. The fraction of sp³-hybridized carbons (Fsp3) is 0.214. The molecule has 3 rings (SSSR count). The summed E-state index contributed by atoms with van der Waals surface area (Å²) in [6, 6.07) is 1.06. The van der Waals surface area contributed by atoms with Crippen molar-refractivity contribution in [1.29, 1.82) is 0 Å². The van der Waals surface area contributed by atoms with Gasteiger partial charge in [0.1, 0.15) is 11.5 Å². The summed E-state index contributed by atoms with van der Waals surface area (Å²) >= 11 is 5.74. The van der Waals surface area contributed by atoms with Crippen LogP contribution in [0.1, 0.15) is 23.4 Å². The predicted molar refractivity (Wildman–Crippen MR) is 81.0 cm³/mol. The summed E-state index contributed by atoms with van der Waals surface area (Å²) in [6.07, 6.45) is -12.9. The molecule has 3 heterocycles. The fourth-order valence-electron chi connectivity index (χ4n) is 2.37. The van der Waals surface area contributed by atoms with Crippen molar-refractivity contribution in [2.75, 3.05) is 5.73 Å². The number of nitrogens with zero attached hydrogens (tertiary/aromatic N) is 4. The van der Waals surface area contributed by atoms with Crippen molar-refractivity contribution < 1.29 is 35.1 Å². The molecule has 14 heteroatoms. The Labute approximate surface area is 154 Å². The zero-order valence-electron chi connectivity index (χ0n) is 13.1. The van der Waals surface area contributed by atoms with Crippen molar-refractivity contribution in [3.05, 3.63) is 40.3 Å². The van der Waals surface area contributed by atoms with E-state index in [0.29, 0.717) is 23.0 Å². The summed E-state index contributed by atoms with van der Waals surface area (Å²) in [5.41, 5.74) is 0.908. The average molecular weight is 432 g/mol. The lowest BCUT2D eigenvalue weighted by Gasteiger charge is -2.10. The number of hydrogen-bond acceptors (Lipinski definition) is 4. The van der Waals surface area contributed by atoms with Crippen molar-refractivity contribution in [1.82, 2.24) is 19.7 Å². The number of fused-ring (bicyclic) bond motifs is 1. The SMILES string of the molecule is Nc1c2c(C(F)(F)F)nc(C(F)F)cc2nn1-c1ncc(C(F)(F)F)cc1Cl. The molecule has 0 aliphatic rings. The van der Waals surface area contributed by atoms with Gasteiger partial charge >= 0.3 is 12.4 Å². The van der Waals surface area contributed by atoms with E-state index in [9.17, 15) is 35.1 Å². The molecular formula is C14H6ClF8N5. The quantitative estimate of drug-likeness (QED) is 0.578. The normalized spacial score (nSPS) is 12.9. The summed E-state index contributed by atoms with van der Waals surface area (Å²) in [5, 5.41) is 2.21. The van der Waals surface area contributed by atoms with Crippen molar-refractivity contribution in [2.45, 2.75) is 18.8 Å². The maximum absolute atomic E-state index is 13.2. The molecule has 0 bridgehead atoms. The van der Waals surface area contributed by atoms with Gasteiger partial charge in [0.25, 0.3) is 6.43 Å². The van der Waals surface area contributed by atoms with Crippen LogP contribution in [-0.2, 0) is 12.4 Å². The summed E-state index contributed by atoms with van der Waals surface area (Å²) in [7, 11) is 0. The third-order valence-electron chi connectivity index (χ3n) is 3.55. The van der Waals surface area contributed by atoms with Gasteiger partial charge in [0.05, 0.1) is 21.5 Å². The number of aromatic nitrogens is 4. The van der Waals surface area contributed by atoms with Gasteiger partial charge in [-0.1, -0.05) is 11.6 Å². The number of pyridine rings is 2. The smallest absolute Gasteiger partial charge is 0.383 e. The second-order valence-electron chi connectivity index (χ2n) is 5.41. The van der Waals surface area contributed by atoms with Crippen molar-refractivity contribution in [3.63, 3.8) is 0 Å². The monoisotopic (exact) mass is 431 g/mol. The van der Waals surface area contributed by atoms with E-state index >= 15 is 0 Å². The molecule has 150 valence electrons. The summed E-state index contributed by atoms with van der Waals surface area (Å²) in [5.74, 6) is -1.25. The summed E-state index contributed by atoms with van der Waals surface area (Å²) in [4.78, 5) is 6.34. The highest BCUT2D eigenvalue weighted by Gasteiger charge is 2.38. The number of hydrogen-bond donors (Lipinski definition) is 1. The first-order valence-electron chi connectivity index (χ1n) is 7.08. The second kappa shape index (κ2) is 6.43. The van der Waals surface area contributed by atoms with Crippen LogP contribution in [-0.4, -0.2) is 19.7 Å². The van der Waals surface area contributed by atoms with E-state index in [4.69, 9.17) is 17.3 Å². The third-order valence-corrected chi connectivity index (χ3v) is 3.83. The molecule has 0 unspecified atom stereocenters. The van der Waals surface area contributed by atoms with Gasteiger partial charge in [-0.25, -0.2) is 18.7 Å². The Kier molecular flexibility index (Phi) is 4.60. The maximum atomic E-state index is 13.2. The van der Waals surface area contributed by atoms with Crippen LogP contribution in [0.4, 0.5) is 40.9 Å². The first-order chi connectivity index (χ1) is 12.8. The van der Waals surface area contributed by atoms with E-state index in [1.54, 1.807) is 0 Å². The van der Waals surface area contributed by atoms with Gasteiger partial charge in [0.15, 0.2) is 11.5 Å². The van der Waals surface area contributed by atoms with Gasteiger partial charge in [-0.15, -0.1) is 0 Å². The highest BCUT2D eigenvalue weighted by atomic mass is 35.5. The van der Waals surface area contributed by atoms with Crippen molar-refractivity contribution >= 4 is 28.3 Å². The Morgan fingerprint density at radius 2 is 1.68 bits per heavy atom. The minimum absolute atomic E-state index is 0.376. The van der Waals surface area contributed by atoms with Crippen LogP contribution in [0.15, 0.2) is 18.3 Å². The lowest BCUT2D eigenvalue weighted by Crippen LogP contribution is -2.12. The molecular weight excluding hydrogens is 426 g/mol. The Bertz CT molecular complexity index is 1060. The second-order valence-corrected chi connectivity index (χ2v) is 5.82. The van der Waals surface area contributed by atoms with Gasteiger partial charge < -0.3 is 5.73 Å². The first-order valence-corrected chi connectivity index (χ1v) is 7.46. The van der Waals surface area contributed by atoms with E-state index in [1.807, 2.05) is 0 Å². The van der Waals surface area contributed by atoms with E-state index in [-0.39, 0.29) is 0 Å². The largest absolute Gasteiger partial charge is 0.434 e. The third kappa shape index (κ3) is 3.41. The van der Waals surface area contributed by atoms with Crippen LogP contribution in [0.2, 0.25) is 5.02 Å². The molecule has 0 amide bonds. The minimum Gasteiger partial charge on any atom is -0.383 e. The molecule has 0 aliphatic heterocycles. The van der Waals surface area contributed by atoms with Crippen LogP contribution >= 0.6 is 11.6 Å². The van der Waals surface area contributed by atoms with E-state index < -0.39 is 63.3 Å². The predicted octanol–water partition coefficient (Wildman–Crippen LogP) is 5.03. The molecule has 0 saturated heterocycles. The minimum atomic E-state index is -5.15. The van der Waals surface area contributed by atoms with Crippen molar-refractivity contribution in [3.8, 4) is 5.82 Å². The molecule has 3 aromatic rings. The maximum Gasteiger partial charge on any atom is 0.434 e. The molecule has 0 saturated carbocycles. The number of halogens is 9. The topological polar surface area (TPSA) is 69.6 Å². The lowest BCUT2D eigenvalue weighted by molar-refractivity contribution is -0.140.